The summed E-state index contributed by atoms with van der Waals surface area (Å²) in [6, 6.07) is 0. The maximum atomic E-state index is 11.7. The van der Waals surface area contributed by atoms with Gasteiger partial charge < -0.3 is 15.4 Å². The summed E-state index contributed by atoms with van der Waals surface area (Å²) in [5, 5.41) is 0. The average molecular weight is 243 g/mol. The molecule has 0 atom stereocenters. The smallest absolute Gasteiger partial charge is 0.248 e. The van der Waals surface area contributed by atoms with E-state index in [4.69, 9.17) is 10.5 Å². The Morgan fingerprint density at radius 3 is 2.65 bits per heavy atom. The number of primary amides is 1. The van der Waals surface area contributed by atoms with Crippen LogP contribution >= 0.6 is 0 Å². The van der Waals surface area contributed by atoms with Crippen LogP contribution in [0.4, 0.5) is 0 Å². The first-order valence-corrected chi connectivity index (χ1v) is 5.99. The molecule has 1 heterocycles. The number of carbonyl (C=O) groups is 2. The summed E-state index contributed by atoms with van der Waals surface area (Å²) >= 11 is 0. The number of hydrogen-bond donors (Lipinski definition) is 1. The Balaban J connectivity index is 2.36. The minimum atomic E-state index is -0.320. The van der Waals surface area contributed by atoms with Crippen molar-refractivity contribution in [2.75, 3.05) is 45.9 Å². The third-order valence-corrected chi connectivity index (χ3v) is 2.75. The zero-order chi connectivity index (χ0) is 12.7. The second kappa shape index (κ2) is 7.24. The van der Waals surface area contributed by atoms with Gasteiger partial charge in [0.05, 0.1) is 6.54 Å². The molecule has 6 nitrogen and oxygen atoms in total. The lowest BCUT2D eigenvalue weighted by molar-refractivity contribution is -0.135. The van der Waals surface area contributed by atoms with Crippen LogP contribution in [0.5, 0.6) is 0 Å². The minimum absolute atomic E-state index is 0.0211. The molecule has 1 aliphatic heterocycles. The Morgan fingerprint density at radius 2 is 2.00 bits per heavy atom. The highest BCUT2D eigenvalue weighted by Gasteiger charge is 2.19. The number of nitrogens with zero attached hydrogens (tertiary/aromatic N) is 2. The summed E-state index contributed by atoms with van der Waals surface area (Å²) in [7, 11) is 0. The lowest BCUT2D eigenvalue weighted by Crippen LogP contribution is -2.39. The van der Waals surface area contributed by atoms with E-state index in [0.717, 1.165) is 19.5 Å². The topological polar surface area (TPSA) is 75.9 Å². The van der Waals surface area contributed by atoms with Crippen molar-refractivity contribution in [1.29, 1.82) is 0 Å². The highest BCUT2D eigenvalue weighted by molar-refractivity contribution is 5.77. The molecule has 1 saturated heterocycles. The van der Waals surface area contributed by atoms with Gasteiger partial charge in [-0.3, -0.25) is 14.5 Å². The second-order valence-electron chi connectivity index (χ2n) is 4.11. The Hall–Kier alpha value is -1.14. The molecule has 0 spiro atoms. The van der Waals surface area contributed by atoms with E-state index in [1.807, 2.05) is 11.8 Å². The van der Waals surface area contributed by atoms with E-state index in [0.29, 0.717) is 19.7 Å². The number of nitrogens with two attached hydrogens (primary N) is 1. The van der Waals surface area contributed by atoms with Crippen LogP contribution in [0.3, 0.4) is 0 Å². The van der Waals surface area contributed by atoms with Gasteiger partial charge in [0.15, 0.2) is 0 Å². The van der Waals surface area contributed by atoms with Gasteiger partial charge in [-0.15, -0.1) is 0 Å². The van der Waals surface area contributed by atoms with Crippen LogP contribution in [0, 0.1) is 0 Å². The third kappa shape index (κ3) is 5.14. The first-order valence-electron chi connectivity index (χ1n) is 5.99. The Morgan fingerprint density at radius 1 is 1.24 bits per heavy atom. The summed E-state index contributed by atoms with van der Waals surface area (Å²) in [5.74, 6) is -0.299. The third-order valence-electron chi connectivity index (χ3n) is 2.75. The largest absolute Gasteiger partial charge is 0.372 e. The van der Waals surface area contributed by atoms with Crippen molar-refractivity contribution in [2.45, 2.75) is 13.3 Å². The van der Waals surface area contributed by atoms with Gasteiger partial charge in [-0.25, -0.2) is 0 Å². The first-order chi connectivity index (χ1) is 8.13. The van der Waals surface area contributed by atoms with Crippen LogP contribution in [-0.2, 0) is 14.3 Å². The monoisotopic (exact) mass is 243 g/mol. The fourth-order valence-electron chi connectivity index (χ4n) is 1.88. The molecule has 1 aliphatic rings. The zero-order valence-corrected chi connectivity index (χ0v) is 10.4. The molecule has 6 heteroatoms. The molecule has 0 aromatic heterocycles. The molecule has 2 N–H and O–H groups in total. The van der Waals surface area contributed by atoms with Gasteiger partial charge in [-0.05, 0) is 13.3 Å². The van der Waals surface area contributed by atoms with Gasteiger partial charge >= 0.3 is 0 Å². The van der Waals surface area contributed by atoms with Crippen LogP contribution in [0.2, 0.25) is 0 Å². The first kappa shape index (κ1) is 13.9. The lowest BCUT2D eigenvalue weighted by Gasteiger charge is -2.21. The van der Waals surface area contributed by atoms with Gasteiger partial charge in [0.1, 0.15) is 6.61 Å². The van der Waals surface area contributed by atoms with Crippen molar-refractivity contribution in [3.05, 3.63) is 0 Å². The van der Waals surface area contributed by atoms with E-state index in [2.05, 4.69) is 0 Å². The molecule has 2 amide bonds. The molecular weight excluding hydrogens is 222 g/mol. The van der Waals surface area contributed by atoms with Crippen molar-refractivity contribution in [3.8, 4) is 0 Å². The Labute approximate surface area is 102 Å². The highest BCUT2D eigenvalue weighted by atomic mass is 16.5. The fraction of sp³-hybridized carbons (Fsp3) is 0.818. The second-order valence-corrected chi connectivity index (χ2v) is 4.11. The normalized spacial score (nSPS) is 17.8. The molecule has 17 heavy (non-hydrogen) atoms. The van der Waals surface area contributed by atoms with E-state index < -0.39 is 0 Å². The van der Waals surface area contributed by atoms with E-state index in [1.54, 1.807) is 4.90 Å². The van der Waals surface area contributed by atoms with Crippen molar-refractivity contribution in [2.24, 2.45) is 5.73 Å². The van der Waals surface area contributed by atoms with Crippen LogP contribution < -0.4 is 5.73 Å². The molecule has 1 fully saturated rings. The van der Waals surface area contributed by atoms with E-state index in [1.165, 1.54) is 0 Å². The molecule has 0 radical (unpaired) electrons. The van der Waals surface area contributed by atoms with Crippen LogP contribution in [-0.4, -0.2) is 67.6 Å². The van der Waals surface area contributed by atoms with Gasteiger partial charge in [-0.2, -0.15) is 0 Å². The Kier molecular flexibility index (Phi) is 5.93. The van der Waals surface area contributed by atoms with Gasteiger partial charge in [0.25, 0.3) is 0 Å². The predicted molar refractivity (Wildman–Crippen MR) is 63.3 cm³/mol. The summed E-state index contributed by atoms with van der Waals surface area (Å²) in [4.78, 5) is 26.3. The maximum Gasteiger partial charge on any atom is 0.248 e. The van der Waals surface area contributed by atoms with E-state index in [9.17, 15) is 9.59 Å². The molecule has 0 aromatic rings. The van der Waals surface area contributed by atoms with Crippen LogP contribution in [0.15, 0.2) is 0 Å². The molecule has 0 bridgehead atoms. The van der Waals surface area contributed by atoms with E-state index >= 15 is 0 Å². The molecular formula is C11H21N3O3. The lowest BCUT2D eigenvalue weighted by atomic mass is 10.3. The van der Waals surface area contributed by atoms with Crippen molar-refractivity contribution < 1.29 is 14.3 Å². The standard InChI is InChI=1S/C11H21N3O3/c1-2-17-9-11(16)14-5-3-4-13(6-7-14)8-10(12)15/h2-9H2,1H3,(H2,12,15). The minimum Gasteiger partial charge on any atom is -0.372 e. The molecule has 98 valence electrons. The number of ether oxygens (including phenoxy) is 1. The van der Waals surface area contributed by atoms with Crippen LogP contribution in [0.1, 0.15) is 13.3 Å². The average Bonchev–Trinajstić information content (AvgIpc) is 2.51. The van der Waals surface area contributed by atoms with Gasteiger partial charge in [0.2, 0.25) is 11.8 Å². The highest BCUT2D eigenvalue weighted by Crippen LogP contribution is 2.03. The number of amides is 2. The number of carbonyl (C=O) groups excluding carboxylic acids is 2. The van der Waals surface area contributed by atoms with Crippen molar-refractivity contribution in [1.82, 2.24) is 9.80 Å². The van der Waals surface area contributed by atoms with Gasteiger partial charge in [-0.1, -0.05) is 0 Å². The fourth-order valence-corrected chi connectivity index (χ4v) is 1.88. The number of rotatable bonds is 5. The summed E-state index contributed by atoms with van der Waals surface area (Å²) in [5.41, 5.74) is 5.15. The molecule has 0 unspecified atom stereocenters. The summed E-state index contributed by atoms with van der Waals surface area (Å²) in [6.07, 6.45) is 0.866. The van der Waals surface area contributed by atoms with Crippen LogP contribution in [0.25, 0.3) is 0 Å². The molecule has 0 aliphatic carbocycles. The SMILES string of the molecule is CCOCC(=O)N1CCCN(CC(N)=O)CC1. The molecule has 0 saturated carbocycles. The molecule has 1 rings (SSSR count). The van der Waals surface area contributed by atoms with Crippen molar-refractivity contribution >= 4 is 11.8 Å². The molecule has 0 aromatic carbocycles. The predicted octanol–water partition coefficient (Wildman–Crippen LogP) is -0.957. The summed E-state index contributed by atoms with van der Waals surface area (Å²) < 4.78 is 5.10. The van der Waals surface area contributed by atoms with Crippen molar-refractivity contribution in [3.63, 3.8) is 0 Å². The Bertz CT molecular complexity index is 271. The quantitative estimate of drug-likeness (QED) is 0.675. The number of hydrogen-bond acceptors (Lipinski definition) is 4. The van der Waals surface area contributed by atoms with E-state index in [-0.39, 0.29) is 25.0 Å². The van der Waals surface area contributed by atoms with Gasteiger partial charge in [0, 0.05) is 32.8 Å². The maximum absolute atomic E-state index is 11.7. The zero-order valence-electron chi connectivity index (χ0n) is 10.4. The summed E-state index contributed by atoms with van der Waals surface area (Å²) in [6.45, 7) is 5.69.